The van der Waals surface area contributed by atoms with Crippen molar-refractivity contribution in [3.8, 4) is 0 Å². The summed E-state index contributed by atoms with van der Waals surface area (Å²) in [5, 5.41) is 7.68. The van der Waals surface area contributed by atoms with Gasteiger partial charge < -0.3 is 16.0 Å². The number of nitrogens with zero attached hydrogens (tertiary/aromatic N) is 2. The van der Waals surface area contributed by atoms with Crippen molar-refractivity contribution in [2.45, 2.75) is 12.2 Å². The van der Waals surface area contributed by atoms with E-state index in [-0.39, 0.29) is 24.3 Å². The van der Waals surface area contributed by atoms with Crippen LogP contribution in [0.5, 0.6) is 0 Å². The molecule has 1 unspecified atom stereocenters. The first-order chi connectivity index (χ1) is 11.8. The monoisotopic (exact) mass is 359 g/mol. The first kappa shape index (κ1) is 19.1. The summed E-state index contributed by atoms with van der Waals surface area (Å²) >= 11 is 0. The average molecular weight is 359 g/mol. The second-order valence-corrected chi connectivity index (χ2v) is 5.56. The van der Waals surface area contributed by atoms with Crippen molar-refractivity contribution in [1.29, 1.82) is 0 Å². The van der Waals surface area contributed by atoms with Crippen LogP contribution in [-0.4, -0.2) is 73.7 Å². The molecule has 2 rings (SSSR count). The van der Waals surface area contributed by atoms with Gasteiger partial charge in [0.15, 0.2) is 0 Å². The van der Waals surface area contributed by atoms with Gasteiger partial charge in [-0.3, -0.25) is 19.5 Å². The molecule has 0 radical (unpaired) electrons. The Kier molecular flexibility index (Phi) is 6.32. The van der Waals surface area contributed by atoms with E-state index < -0.39 is 30.6 Å². The number of carbonyl (C=O) groups is 2. The number of pyridine rings is 1. The molecule has 25 heavy (non-hydrogen) atoms. The zero-order valence-corrected chi connectivity index (χ0v) is 13.7. The van der Waals surface area contributed by atoms with Gasteiger partial charge in [-0.05, 0) is 12.1 Å². The van der Waals surface area contributed by atoms with E-state index >= 15 is 0 Å². The van der Waals surface area contributed by atoms with Crippen molar-refractivity contribution < 1.29 is 22.8 Å². The lowest BCUT2D eigenvalue weighted by molar-refractivity contribution is -0.183. The topological polar surface area (TPSA) is 86.4 Å². The Labute approximate surface area is 143 Å². The summed E-state index contributed by atoms with van der Waals surface area (Å²) in [4.78, 5) is 28.6. The van der Waals surface area contributed by atoms with Crippen molar-refractivity contribution in [3.63, 3.8) is 0 Å². The molecule has 1 aromatic heterocycles. The van der Waals surface area contributed by atoms with Gasteiger partial charge in [0, 0.05) is 46.0 Å². The third-order valence-corrected chi connectivity index (χ3v) is 3.91. The number of nitrogens with one attached hydrogen (secondary N) is 3. The molecule has 0 spiro atoms. The summed E-state index contributed by atoms with van der Waals surface area (Å²) in [5.41, 5.74) is 0.210. The summed E-state index contributed by atoms with van der Waals surface area (Å²) in [7, 11) is 1.44. The fourth-order valence-corrected chi connectivity index (χ4v) is 2.53. The molecule has 0 saturated carbocycles. The van der Waals surface area contributed by atoms with Crippen LogP contribution < -0.4 is 16.0 Å². The van der Waals surface area contributed by atoms with Gasteiger partial charge in [0.2, 0.25) is 0 Å². The van der Waals surface area contributed by atoms with E-state index in [9.17, 15) is 22.8 Å². The maximum atomic E-state index is 13.3. The largest absolute Gasteiger partial charge is 0.405 e. The van der Waals surface area contributed by atoms with E-state index in [1.54, 1.807) is 0 Å². The zero-order valence-electron chi connectivity index (χ0n) is 13.7. The number of aromatic nitrogens is 1. The molecular weight excluding hydrogens is 339 g/mol. The molecule has 2 amide bonds. The molecular formula is C15H20F3N5O2. The van der Waals surface area contributed by atoms with E-state index in [0.29, 0.717) is 13.1 Å². The Morgan fingerprint density at radius 3 is 2.48 bits per heavy atom. The van der Waals surface area contributed by atoms with Crippen LogP contribution in [0.4, 0.5) is 13.2 Å². The third-order valence-electron chi connectivity index (χ3n) is 3.91. The van der Waals surface area contributed by atoms with Gasteiger partial charge >= 0.3 is 6.18 Å². The molecule has 1 aliphatic rings. The van der Waals surface area contributed by atoms with E-state index in [2.05, 4.69) is 20.9 Å². The number of rotatable bonds is 5. The SMILES string of the molecule is CNC(=O)c1ccc(C(=O)NCC(N2CCNCC2)C(F)(F)F)cn1. The predicted molar refractivity (Wildman–Crippen MR) is 84.2 cm³/mol. The Hall–Kier alpha value is -2.20. The van der Waals surface area contributed by atoms with Crippen LogP contribution in [-0.2, 0) is 0 Å². The molecule has 7 nitrogen and oxygen atoms in total. The number of piperazine rings is 1. The minimum Gasteiger partial charge on any atom is -0.354 e. The second kappa shape index (κ2) is 8.26. The molecule has 0 aliphatic carbocycles. The van der Waals surface area contributed by atoms with Crippen molar-refractivity contribution in [2.75, 3.05) is 39.8 Å². The molecule has 10 heteroatoms. The number of hydrogen-bond acceptors (Lipinski definition) is 5. The fraction of sp³-hybridized carbons (Fsp3) is 0.533. The first-order valence-corrected chi connectivity index (χ1v) is 7.80. The molecule has 1 aromatic rings. The highest BCUT2D eigenvalue weighted by Crippen LogP contribution is 2.24. The predicted octanol–water partition coefficient (Wildman–Crippen LogP) is 0.00710. The van der Waals surface area contributed by atoms with Crippen molar-refractivity contribution in [3.05, 3.63) is 29.6 Å². The Bertz CT molecular complexity index is 600. The molecule has 3 N–H and O–H groups in total. The number of carbonyl (C=O) groups excluding carboxylic acids is 2. The highest BCUT2D eigenvalue weighted by molar-refractivity contribution is 5.96. The molecule has 0 bridgehead atoms. The van der Waals surface area contributed by atoms with Crippen LogP contribution in [0.15, 0.2) is 18.3 Å². The van der Waals surface area contributed by atoms with Gasteiger partial charge in [0.1, 0.15) is 11.7 Å². The number of amides is 2. The Balaban J connectivity index is 1.99. The molecule has 1 fully saturated rings. The van der Waals surface area contributed by atoms with Gasteiger partial charge in [-0.15, -0.1) is 0 Å². The van der Waals surface area contributed by atoms with E-state index in [0.717, 1.165) is 6.20 Å². The van der Waals surface area contributed by atoms with Gasteiger partial charge in [0.25, 0.3) is 11.8 Å². The standard InChI is InChI=1S/C15H20F3N5O2/c1-19-14(25)11-3-2-10(8-21-11)13(24)22-9-12(15(16,17)18)23-6-4-20-5-7-23/h2-3,8,12,20H,4-7,9H2,1H3,(H,19,25)(H,22,24). The van der Waals surface area contributed by atoms with E-state index in [1.165, 1.54) is 24.1 Å². The normalized spacial score (nSPS) is 17.0. The van der Waals surface area contributed by atoms with Gasteiger partial charge in [-0.2, -0.15) is 13.2 Å². The van der Waals surface area contributed by atoms with Crippen LogP contribution in [0.3, 0.4) is 0 Å². The van der Waals surface area contributed by atoms with Crippen molar-refractivity contribution >= 4 is 11.8 Å². The van der Waals surface area contributed by atoms with Crippen LogP contribution in [0.25, 0.3) is 0 Å². The zero-order chi connectivity index (χ0) is 18.4. The molecule has 2 heterocycles. The minimum atomic E-state index is -4.44. The van der Waals surface area contributed by atoms with Crippen LogP contribution >= 0.6 is 0 Å². The highest BCUT2D eigenvalue weighted by atomic mass is 19.4. The van der Waals surface area contributed by atoms with E-state index in [1.807, 2.05) is 0 Å². The maximum absolute atomic E-state index is 13.3. The third kappa shape index (κ3) is 5.13. The minimum absolute atomic E-state index is 0.0916. The Morgan fingerprint density at radius 1 is 1.28 bits per heavy atom. The maximum Gasteiger partial charge on any atom is 0.405 e. The van der Waals surface area contributed by atoms with Crippen LogP contribution in [0.1, 0.15) is 20.8 Å². The molecule has 138 valence electrons. The van der Waals surface area contributed by atoms with Gasteiger partial charge in [-0.25, -0.2) is 0 Å². The first-order valence-electron chi connectivity index (χ1n) is 7.80. The summed E-state index contributed by atoms with van der Waals surface area (Å²) in [6, 6.07) is 0.947. The van der Waals surface area contributed by atoms with Crippen molar-refractivity contribution in [1.82, 2.24) is 25.8 Å². The molecule has 0 aromatic carbocycles. The molecule has 1 aliphatic heterocycles. The lowest BCUT2D eigenvalue weighted by Crippen LogP contribution is -2.57. The molecule has 1 saturated heterocycles. The van der Waals surface area contributed by atoms with E-state index in [4.69, 9.17) is 0 Å². The average Bonchev–Trinajstić information content (AvgIpc) is 2.61. The number of halogens is 3. The second-order valence-electron chi connectivity index (χ2n) is 5.56. The summed E-state index contributed by atoms with van der Waals surface area (Å²) in [6.45, 7) is 0.946. The van der Waals surface area contributed by atoms with Gasteiger partial charge in [-0.1, -0.05) is 0 Å². The number of hydrogen-bond donors (Lipinski definition) is 3. The summed E-state index contributed by atoms with van der Waals surface area (Å²) < 4.78 is 39.8. The van der Waals surface area contributed by atoms with Crippen LogP contribution in [0, 0.1) is 0 Å². The fourth-order valence-electron chi connectivity index (χ4n) is 2.53. The lowest BCUT2D eigenvalue weighted by Gasteiger charge is -2.35. The summed E-state index contributed by atoms with van der Waals surface area (Å²) in [6.07, 6.45) is -3.28. The smallest absolute Gasteiger partial charge is 0.354 e. The number of alkyl halides is 3. The highest BCUT2D eigenvalue weighted by Gasteiger charge is 2.43. The Morgan fingerprint density at radius 2 is 1.96 bits per heavy atom. The quantitative estimate of drug-likeness (QED) is 0.689. The van der Waals surface area contributed by atoms with Crippen molar-refractivity contribution in [2.24, 2.45) is 0 Å². The summed E-state index contributed by atoms with van der Waals surface area (Å²) in [5.74, 6) is -1.08. The molecule has 1 atom stereocenters. The lowest BCUT2D eigenvalue weighted by atomic mass is 10.2. The van der Waals surface area contributed by atoms with Gasteiger partial charge in [0.05, 0.1) is 5.56 Å². The van der Waals surface area contributed by atoms with Crippen LogP contribution in [0.2, 0.25) is 0 Å².